The maximum Gasteiger partial charge on any atom is 0.350 e. The zero-order valence-electron chi connectivity index (χ0n) is 20.6. The molecule has 0 radical (unpaired) electrons. The highest BCUT2D eigenvalue weighted by Crippen LogP contribution is 2.32. The maximum absolute atomic E-state index is 12.9. The van der Waals surface area contributed by atoms with Gasteiger partial charge in [-0.3, -0.25) is 9.69 Å². The van der Waals surface area contributed by atoms with Gasteiger partial charge in [-0.2, -0.15) is 0 Å². The Morgan fingerprint density at radius 1 is 1.25 bits per heavy atom. The fourth-order valence-corrected chi connectivity index (χ4v) is 5.79. The smallest absolute Gasteiger partial charge is 0.350 e. The Hall–Kier alpha value is -1.89. The minimum absolute atomic E-state index is 0.208. The Kier molecular flexibility index (Phi) is 9.13. The van der Waals surface area contributed by atoms with E-state index in [2.05, 4.69) is 20.1 Å². The largest absolute Gasteiger partial charge is 0.462 e. The molecule has 13 heteroatoms. The van der Waals surface area contributed by atoms with Crippen molar-refractivity contribution in [2.75, 3.05) is 58.0 Å². The van der Waals surface area contributed by atoms with E-state index in [4.69, 9.17) is 42.4 Å². The van der Waals surface area contributed by atoms with Crippen LogP contribution in [0.5, 0.6) is 0 Å². The van der Waals surface area contributed by atoms with Crippen LogP contribution in [0.4, 0.5) is 5.13 Å². The monoisotopic (exact) mass is 559 g/mol. The summed E-state index contributed by atoms with van der Waals surface area (Å²) >= 11 is 13.7. The van der Waals surface area contributed by atoms with Crippen LogP contribution >= 0.6 is 34.5 Å². The summed E-state index contributed by atoms with van der Waals surface area (Å²) in [6, 6.07) is -0.227. The first kappa shape index (κ1) is 27.2. The zero-order chi connectivity index (χ0) is 25.8. The van der Waals surface area contributed by atoms with Crippen molar-refractivity contribution >= 4 is 51.5 Å². The van der Waals surface area contributed by atoms with E-state index in [0.717, 1.165) is 18.2 Å². The van der Waals surface area contributed by atoms with Gasteiger partial charge in [0.2, 0.25) is 0 Å². The average Bonchev–Trinajstić information content (AvgIpc) is 3.41. The maximum atomic E-state index is 12.9. The number of aromatic amines is 1. The standard InChI is InChI=1S/C23H31Cl2N5O5S/c1-4-35-22(32)20-15(11-29-7-9-34-10-8-29)28-23(36-20)30-6-5-14(16(12-30)33-3)27-21(31)19-18(25)17(24)13(2)26-19/h14,16,26H,4-12H2,1-3H3,(H,27,31)/t14-,16+/m1/s1. The van der Waals surface area contributed by atoms with Crippen LogP contribution in [-0.2, 0) is 20.8 Å². The molecule has 2 fully saturated rings. The van der Waals surface area contributed by atoms with Gasteiger partial charge in [0.1, 0.15) is 10.6 Å². The van der Waals surface area contributed by atoms with Crippen LogP contribution in [0.1, 0.15) is 44.9 Å². The second-order valence-corrected chi connectivity index (χ2v) is 10.5. The number of aryl methyl sites for hydroxylation is 1. The first-order valence-electron chi connectivity index (χ1n) is 11.9. The fraction of sp³-hybridized carbons (Fsp3) is 0.609. The van der Waals surface area contributed by atoms with Gasteiger partial charge < -0.3 is 29.4 Å². The number of amides is 1. The summed E-state index contributed by atoms with van der Waals surface area (Å²) in [5, 5.41) is 4.31. The number of hydrogen-bond donors (Lipinski definition) is 2. The van der Waals surface area contributed by atoms with Crippen LogP contribution < -0.4 is 10.2 Å². The Balaban J connectivity index is 1.47. The van der Waals surface area contributed by atoms with Gasteiger partial charge in [-0.1, -0.05) is 34.5 Å². The lowest BCUT2D eigenvalue weighted by molar-refractivity contribution is 0.0332. The molecule has 2 aromatic rings. The SMILES string of the molecule is CCOC(=O)c1sc(N2CC[C@@H](NC(=O)c3[nH]c(C)c(Cl)c3Cl)[C@@H](OC)C2)nc1CN1CCOCC1. The number of H-pyrrole nitrogens is 1. The first-order chi connectivity index (χ1) is 17.3. The lowest BCUT2D eigenvalue weighted by atomic mass is 10.0. The normalized spacial score (nSPS) is 21.0. The number of nitrogens with one attached hydrogen (secondary N) is 2. The van der Waals surface area contributed by atoms with E-state index in [1.807, 2.05) is 0 Å². The highest BCUT2D eigenvalue weighted by molar-refractivity contribution is 7.17. The van der Waals surface area contributed by atoms with E-state index in [9.17, 15) is 9.59 Å². The van der Waals surface area contributed by atoms with Crippen molar-refractivity contribution in [1.29, 1.82) is 0 Å². The van der Waals surface area contributed by atoms with Gasteiger partial charge in [-0.05, 0) is 20.3 Å². The van der Waals surface area contributed by atoms with Gasteiger partial charge in [0.05, 0.1) is 47.7 Å². The van der Waals surface area contributed by atoms with Gasteiger partial charge in [0.15, 0.2) is 5.13 Å². The molecule has 2 aromatic heterocycles. The highest BCUT2D eigenvalue weighted by Gasteiger charge is 2.34. The lowest BCUT2D eigenvalue weighted by Gasteiger charge is -2.37. The molecule has 4 rings (SSSR count). The predicted octanol–water partition coefficient (Wildman–Crippen LogP) is 3.12. The van der Waals surface area contributed by atoms with Crippen molar-refractivity contribution in [3.63, 3.8) is 0 Å². The zero-order valence-corrected chi connectivity index (χ0v) is 22.9. The lowest BCUT2D eigenvalue weighted by Crippen LogP contribution is -2.55. The summed E-state index contributed by atoms with van der Waals surface area (Å²) in [5.74, 6) is -0.686. The number of nitrogens with zero attached hydrogens (tertiary/aromatic N) is 3. The molecule has 1 amide bonds. The molecule has 10 nitrogen and oxygen atoms in total. The van der Waals surface area contributed by atoms with E-state index in [-0.39, 0.29) is 34.7 Å². The average molecular weight is 561 g/mol. The number of carbonyl (C=O) groups is 2. The summed E-state index contributed by atoms with van der Waals surface area (Å²) in [4.78, 5) is 38.2. The summed E-state index contributed by atoms with van der Waals surface area (Å²) in [7, 11) is 1.62. The predicted molar refractivity (Wildman–Crippen MR) is 139 cm³/mol. The molecular formula is C23H31Cl2N5O5S. The van der Waals surface area contributed by atoms with Crippen LogP contribution in [0.15, 0.2) is 0 Å². The Bertz CT molecular complexity index is 1090. The van der Waals surface area contributed by atoms with Crippen molar-refractivity contribution in [2.45, 2.75) is 39.0 Å². The van der Waals surface area contributed by atoms with Gasteiger partial charge in [0.25, 0.3) is 5.91 Å². The van der Waals surface area contributed by atoms with E-state index < -0.39 is 0 Å². The molecule has 2 aliphatic rings. The van der Waals surface area contributed by atoms with Crippen molar-refractivity contribution in [2.24, 2.45) is 0 Å². The third-order valence-corrected chi connectivity index (χ3v) is 8.44. The van der Waals surface area contributed by atoms with Crippen LogP contribution in [0.3, 0.4) is 0 Å². The number of piperidine rings is 1. The quantitative estimate of drug-likeness (QED) is 0.475. The number of hydrogen-bond acceptors (Lipinski definition) is 9. The Morgan fingerprint density at radius 2 is 2.00 bits per heavy atom. The second-order valence-electron chi connectivity index (χ2n) is 8.72. The Labute approximate surface area is 224 Å². The fourth-order valence-electron chi connectivity index (χ4n) is 4.37. The van der Waals surface area contributed by atoms with Crippen molar-refractivity contribution in [3.05, 3.63) is 32.0 Å². The molecule has 198 valence electrons. The third-order valence-electron chi connectivity index (χ3n) is 6.35. The van der Waals surface area contributed by atoms with Gasteiger partial charge >= 0.3 is 5.97 Å². The molecule has 0 unspecified atom stereocenters. The number of esters is 1. The number of thiazole rings is 1. The van der Waals surface area contributed by atoms with E-state index in [1.54, 1.807) is 21.0 Å². The molecule has 0 spiro atoms. The molecule has 36 heavy (non-hydrogen) atoms. The number of carbonyl (C=O) groups excluding carboxylic acids is 2. The number of methoxy groups -OCH3 is 1. The molecule has 0 aliphatic carbocycles. The van der Waals surface area contributed by atoms with Crippen LogP contribution in [0.2, 0.25) is 10.0 Å². The van der Waals surface area contributed by atoms with E-state index in [1.165, 1.54) is 11.3 Å². The van der Waals surface area contributed by atoms with E-state index >= 15 is 0 Å². The molecule has 2 N–H and O–H groups in total. The summed E-state index contributed by atoms with van der Waals surface area (Å²) in [6.45, 7) is 8.47. The molecule has 2 aliphatic heterocycles. The second kappa shape index (κ2) is 12.1. The molecule has 0 bridgehead atoms. The van der Waals surface area contributed by atoms with Gasteiger partial charge in [0, 0.05) is 45.5 Å². The Morgan fingerprint density at radius 3 is 2.64 bits per heavy atom. The van der Waals surface area contributed by atoms with Crippen molar-refractivity contribution in [3.8, 4) is 0 Å². The molecule has 0 aromatic carbocycles. The van der Waals surface area contributed by atoms with Gasteiger partial charge in [-0.25, -0.2) is 9.78 Å². The first-order valence-corrected chi connectivity index (χ1v) is 13.5. The topological polar surface area (TPSA) is 109 Å². The molecular weight excluding hydrogens is 529 g/mol. The van der Waals surface area contributed by atoms with Gasteiger partial charge in [-0.15, -0.1) is 0 Å². The van der Waals surface area contributed by atoms with E-state index in [0.29, 0.717) is 67.2 Å². The number of halogens is 2. The minimum atomic E-state index is -0.355. The highest BCUT2D eigenvalue weighted by atomic mass is 35.5. The van der Waals surface area contributed by atoms with Crippen molar-refractivity contribution < 1.29 is 23.8 Å². The summed E-state index contributed by atoms with van der Waals surface area (Å²) in [5.41, 5.74) is 1.59. The molecule has 2 saturated heterocycles. The van der Waals surface area contributed by atoms with Crippen LogP contribution in [0.25, 0.3) is 0 Å². The minimum Gasteiger partial charge on any atom is -0.462 e. The molecule has 0 saturated carbocycles. The number of aromatic nitrogens is 2. The molecule has 2 atom stereocenters. The van der Waals surface area contributed by atoms with Crippen molar-refractivity contribution in [1.82, 2.24) is 20.2 Å². The summed E-state index contributed by atoms with van der Waals surface area (Å²) in [6.07, 6.45) is 0.341. The third kappa shape index (κ3) is 5.98. The molecule has 4 heterocycles. The summed E-state index contributed by atoms with van der Waals surface area (Å²) < 4.78 is 16.5. The number of ether oxygens (including phenoxy) is 3. The number of anilines is 1. The van der Waals surface area contributed by atoms with Crippen LogP contribution in [0, 0.1) is 6.92 Å². The van der Waals surface area contributed by atoms with Crippen LogP contribution in [-0.4, -0.2) is 92.0 Å². The number of rotatable bonds is 8. The number of morpholine rings is 1.